The molecule has 1 heterocycles. The zero-order valence-corrected chi connectivity index (χ0v) is 22.7. The molecular weight excluding hydrogens is 520 g/mol. The quantitative estimate of drug-likeness (QED) is 0.0949. The van der Waals surface area contributed by atoms with E-state index in [4.69, 9.17) is 28.4 Å². The molecule has 0 spiro atoms. The van der Waals surface area contributed by atoms with Crippen molar-refractivity contribution in [2.75, 3.05) is 39.6 Å². The second kappa shape index (κ2) is 16.3. The van der Waals surface area contributed by atoms with Crippen molar-refractivity contribution in [3.8, 4) is 11.5 Å². The van der Waals surface area contributed by atoms with E-state index >= 15 is 0 Å². The summed E-state index contributed by atoms with van der Waals surface area (Å²) in [6, 6.07) is 13.2. The third-order valence-corrected chi connectivity index (χ3v) is 5.71. The number of rotatable bonds is 18. The van der Waals surface area contributed by atoms with Crippen molar-refractivity contribution in [3.05, 3.63) is 71.8 Å². The highest BCUT2D eigenvalue weighted by molar-refractivity contribution is 6.03. The largest absolute Gasteiger partial charge is 0.491 e. The van der Waals surface area contributed by atoms with Crippen LogP contribution in [0.1, 0.15) is 53.3 Å². The Balaban J connectivity index is 1.35. The molecule has 1 aliphatic rings. The molecule has 216 valence electrons. The molecule has 0 radical (unpaired) electrons. The number of aliphatic hydroxyl groups excluding tert-OH is 1. The highest BCUT2D eigenvalue weighted by Gasteiger charge is 2.23. The van der Waals surface area contributed by atoms with Crippen molar-refractivity contribution < 1.29 is 47.9 Å². The summed E-state index contributed by atoms with van der Waals surface area (Å²) in [5, 5.41) is 10.2. The van der Waals surface area contributed by atoms with E-state index in [0.717, 1.165) is 12.8 Å². The summed E-state index contributed by atoms with van der Waals surface area (Å²) in [6.07, 6.45) is 1.98. The predicted octanol–water partition coefficient (Wildman–Crippen LogP) is 3.90. The van der Waals surface area contributed by atoms with Crippen LogP contribution in [0.2, 0.25) is 0 Å². The fourth-order valence-corrected chi connectivity index (χ4v) is 3.42. The number of epoxide rings is 1. The highest BCUT2D eigenvalue weighted by atomic mass is 16.6. The van der Waals surface area contributed by atoms with Crippen molar-refractivity contribution in [2.45, 2.75) is 44.8 Å². The van der Waals surface area contributed by atoms with Gasteiger partial charge in [0.05, 0.1) is 30.9 Å². The highest BCUT2D eigenvalue weighted by Crippen LogP contribution is 2.21. The lowest BCUT2D eigenvalue weighted by molar-refractivity contribution is -0.139. The summed E-state index contributed by atoms with van der Waals surface area (Å²) in [6.45, 7) is 6.36. The minimum atomic E-state index is -1.09. The SMILES string of the molecule is C=C(C)C(=O)OCCCCCCOC(=O)c1ccccc1C(=O)OCC(O)COc1cccc(OCC2CO2)c1. The van der Waals surface area contributed by atoms with Gasteiger partial charge in [0.15, 0.2) is 0 Å². The second-order valence-corrected chi connectivity index (χ2v) is 9.32. The summed E-state index contributed by atoms with van der Waals surface area (Å²) < 4.78 is 31.9. The summed E-state index contributed by atoms with van der Waals surface area (Å²) >= 11 is 0. The zero-order valence-electron chi connectivity index (χ0n) is 22.7. The third kappa shape index (κ3) is 11.1. The maximum atomic E-state index is 12.6. The van der Waals surface area contributed by atoms with Gasteiger partial charge in [-0.3, -0.25) is 0 Å². The molecule has 0 amide bonds. The third-order valence-electron chi connectivity index (χ3n) is 5.71. The molecule has 40 heavy (non-hydrogen) atoms. The lowest BCUT2D eigenvalue weighted by Crippen LogP contribution is -2.26. The van der Waals surface area contributed by atoms with Crippen LogP contribution in [0.25, 0.3) is 0 Å². The van der Waals surface area contributed by atoms with Crippen LogP contribution in [0.5, 0.6) is 11.5 Å². The van der Waals surface area contributed by atoms with Gasteiger partial charge in [-0.05, 0) is 56.9 Å². The molecule has 3 rings (SSSR count). The van der Waals surface area contributed by atoms with Gasteiger partial charge in [0.25, 0.3) is 0 Å². The smallest absolute Gasteiger partial charge is 0.339 e. The molecule has 1 N–H and O–H groups in total. The Morgan fingerprint density at radius 1 is 0.875 bits per heavy atom. The van der Waals surface area contributed by atoms with E-state index in [0.29, 0.717) is 49.7 Å². The van der Waals surface area contributed by atoms with E-state index in [9.17, 15) is 19.5 Å². The van der Waals surface area contributed by atoms with Crippen LogP contribution in [0, 0.1) is 0 Å². The Hall–Kier alpha value is -3.89. The van der Waals surface area contributed by atoms with Crippen molar-refractivity contribution in [1.82, 2.24) is 0 Å². The topological polar surface area (TPSA) is 130 Å². The number of hydrogen-bond donors (Lipinski definition) is 1. The van der Waals surface area contributed by atoms with Crippen molar-refractivity contribution in [1.29, 1.82) is 0 Å². The lowest BCUT2D eigenvalue weighted by atomic mass is 10.1. The summed E-state index contributed by atoms with van der Waals surface area (Å²) in [7, 11) is 0. The minimum Gasteiger partial charge on any atom is -0.491 e. The first-order chi connectivity index (χ1) is 19.3. The van der Waals surface area contributed by atoms with Gasteiger partial charge in [0, 0.05) is 11.6 Å². The molecular formula is C30H36O10. The maximum Gasteiger partial charge on any atom is 0.339 e. The van der Waals surface area contributed by atoms with Gasteiger partial charge >= 0.3 is 17.9 Å². The molecule has 1 saturated heterocycles. The van der Waals surface area contributed by atoms with Gasteiger partial charge in [0.2, 0.25) is 0 Å². The number of ether oxygens (including phenoxy) is 6. The Bertz CT molecular complexity index is 1140. The molecule has 2 atom stereocenters. The Morgan fingerprint density at radius 2 is 1.48 bits per heavy atom. The van der Waals surface area contributed by atoms with E-state index in [1.165, 1.54) is 12.1 Å². The molecule has 2 aromatic carbocycles. The fourth-order valence-electron chi connectivity index (χ4n) is 3.42. The van der Waals surface area contributed by atoms with Crippen molar-refractivity contribution >= 4 is 17.9 Å². The number of benzene rings is 2. The molecule has 2 aromatic rings. The standard InChI is InChI=1S/C30H36O10/c1-21(2)28(32)35-14-7-3-4-8-15-36-29(33)26-12-5-6-13-27(26)30(34)40-18-22(31)17-37-23-10-9-11-24(16-23)38-19-25-20-39-25/h5-6,9-13,16,22,25,31H,1,3-4,7-8,14-15,17-20H2,2H3. The number of unbranched alkanes of at least 4 members (excludes halogenated alkanes) is 3. The van der Waals surface area contributed by atoms with Crippen LogP contribution >= 0.6 is 0 Å². The predicted molar refractivity (Wildman–Crippen MR) is 144 cm³/mol. The number of esters is 3. The second-order valence-electron chi connectivity index (χ2n) is 9.32. The normalized spacial score (nSPS) is 14.5. The van der Waals surface area contributed by atoms with Crippen LogP contribution in [0.15, 0.2) is 60.7 Å². The first-order valence-corrected chi connectivity index (χ1v) is 13.2. The summed E-state index contributed by atoms with van der Waals surface area (Å²) in [5.74, 6) is -0.672. The average Bonchev–Trinajstić information content (AvgIpc) is 3.79. The van der Waals surface area contributed by atoms with E-state index < -0.39 is 24.0 Å². The Labute approximate surface area is 233 Å². The molecule has 0 saturated carbocycles. The molecule has 0 bridgehead atoms. The zero-order chi connectivity index (χ0) is 28.7. The molecule has 0 aliphatic carbocycles. The maximum absolute atomic E-state index is 12.6. The minimum absolute atomic E-state index is 0.0458. The Kier molecular flexibility index (Phi) is 12.5. The first-order valence-electron chi connectivity index (χ1n) is 13.2. The van der Waals surface area contributed by atoms with Gasteiger partial charge in [-0.15, -0.1) is 0 Å². The van der Waals surface area contributed by atoms with Crippen LogP contribution < -0.4 is 9.47 Å². The van der Waals surface area contributed by atoms with Crippen LogP contribution in [0.4, 0.5) is 0 Å². The fraction of sp³-hybridized carbons (Fsp3) is 0.433. The summed E-state index contributed by atoms with van der Waals surface area (Å²) in [4.78, 5) is 36.5. The van der Waals surface area contributed by atoms with E-state index in [-0.39, 0.29) is 37.1 Å². The van der Waals surface area contributed by atoms with Gasteiger partial charge in [-0.1, -0.05) is 24.8 Å². The summed E-state index contributed by atoms with van der Waals surface area (Å²) in [5.41, 5.74) is 0.493. The lowest BCUT2D eigenvalue weighted by Gasteiger charge is -2.14. The molecule has 2 unspecified atom stereocenters. The molecule has 1 fully saturated rings. The molecule has 10 nitrogen and oxygen atoms in total. The van der Waals surface area contributed by atoms with E-state index in [1.54, 1.807) is 43.3 Å². The van der Waals surface area contributed by atoms with Gasteiger partial charge in [0.1, 0.15) is 43.5 Å². The number of carbonyl (C=O) groups excluding carboxylic acids is 3. The number of aliphatic hydroxyl groups is 1. The Morgan fingerprint density at radius 3 is 2.10 bits per heavy atom. The van der Waals surface area contributed by atoms with Crippen molar-refractivity contribution in [2.24, 2.45) is 0 Å². The van der Waals surface area contributed by atoms with Crippen LogP contribution in [0.3, 0.4) is 0 Å². The first kappa shape index (κ1) is 30.6. The molecule has 1 aliphatic heterocycles. The van der Waals surface area contributed by atoms with Crippen LogP contribution in [-0.4, -0.2) is 74.9 Å². The average molecular weight is 557 g/mol. The van der Waals surface area contributed by atoms with Gasteiger partial charge < -0.3 is 33.5 Å². The van der Waals surface area contributed by atoms with E-state index in [1.807, 2.05) is 0 Å². The van der Waals surface area contributed by atoms with Crippen molar-refractivity contribution in [3.63, 3.8) is 0 Å². The van der Waals surface area contributed by atoms with E-state index in [2.05, 4.69) is 6.58 Å². The van der Waals surface area contributed by atoms with Gasteiger partial charge in [-0.2, -0.15) is 0 Å². The molecule has 10 heteroatoms. The van der Waals surface area contributed by atoms with Gasteiger partial charge in [-0.25, -0.2) is 14.4 Å². The van der Waals surface area contributed by atoms with Crippen LogP contribution in [-0.2, 0) is 23.7 Å². The number of hydrogen-bond acceptors (Lipinski definition) is 10. The molecule has 0 aromatic heterocycles. The monoisotopic (exact) mass is 556 g/mol. The number of carbonyl (C=O) groups is 3.